The summed E-state index contributed by atoms with van der Waals surface area (Å²) in [6.07, 6.45) is 2.01. The number of hydrogen-bond donors (Lipinski definition) is 1. The lowest BCUT2D eigenvalue weighted by atomic mass is 10.1. The number of amides is 1. The molecule has 0 unspecified atom stereocenters. The van der Waals surface area contributed by atoms with Gasteiger partial charge in [-0.1, -0.05) is 6.07 Å². The molecule has 1 aromatic rings. The zero-order chi connectivity index (χ0) is 10.6. The smallest absolute Gasteiger partial charge is 0.251 e. The van der Waals surface area contributed by atoms with Crippen molar-refractivity contribution in [2.75, 3.05) is 12.8 Å². The van der Waals surface area contributed by atoms with Crippen LogP contribution in [0.5, 0.6) is 0 Å². The Morgan fingerprint density at radius 3 is 2.79 bits per heavy atom. The van der Waals surface area contributed by atoms with Gasteiger partial charge < -0.3 is 5.32 Å². The van der Waals surface area contributed by atoms with E-state index in [2.05, 4.69) is 5.32 Å². The molecule has 0 spiro atoms. The van der Waals surface area contributed by atoms with Crippen molar-refractivity contribution in [2.24, 2.45) is 0 Å². The van der Waals surface area contributed by atoms with E-state index >= 15 is 0 Å². The molecule has 14 heavy (non-hydrogen) atoms. The molecule has 1 N–H and O–H groups in total. The molecule has 1 rings (SSSR count). The fourth-order valence-electron chi connectivity index (χ4n) is 1.23. The van der Waals surface area contributed by atoms with Crippen molar-refractivity contribution >= 4 is 17.7 Å². The van der Waals surface area contributed by atoms with Crippen molar-refractivity contribution in [3.63, 3.8) is 0 Å². The first kappa shape index (κ1) is 11.1. The second-order valence-electron chi connectivity index (χ2n) is 3.04. The monoisotopic (exact) mass is 209 g/mol. The van der Waals surface area contributed by atoms with Crippen LogP contribution in [-0.2, 0) is 0 Å². The first-order valence-electron chi connectivity index (χ1n) is 4.62. The number of benzene rings is 1. The normalized spacial score (nSPS) is 9.93. The lowest BCUT2D eigenvalue weighted by molar-refractivity contribution is 0.0955. The number of aryl methyl sites for hydroxylation is 1. The molecular formula is C11H15NOS. The minimum atomic E-state index is 0.0147. The molecule has 1 aromatic carbocycles. The van der Waals surface area contributed by atoms with Crippen LogP contribution in [0.15, 0.2) is 23.1 Å². The molecule has 0 aromatic heterocycles. The van der Waals surface area contributed by atoms with Crippen LogP contribution in [0.1, 0.15) is 22.8 Å². The van der Waals surface area contributed by atoms with Gasteiger partial charge in [0.2, 0.25) is 0 Å². The summed E-state index contributed by atoms with van der Waals surface area (Å²) in [5, 5.41) is 2.81. The molecule has 0 saturated carbocycles. The molecule has 0 heterocycles. The third-order valence-electron chi connectivity index (χ3n) is 2.03. The maximum atomic E-state index is 11.6. The number of carbonyl (C=O) groups is 1. The van der Waals surface area contributed by atoms with E-state index in [4.69, 9.17) is 0 Å². The van der Waals surface area contributed by atoms with Crippen LogP contribution < -0.4 is 5.32 Å². The first-order valence-corrected chi connectivity index (χ1v) is 5.84. The van der Waals surface area contributed by atoms with Gasteiger partial charge in [0.15, 0.2) is 0 Å². The highest BCUT2D eigenvalue weighted by Gasteiger charge is 2.07. The molecule has 0 fully saturated rings. The first-order chi connectivity index (χ1) is 6.69. The summed E-state index contributed by atoms with van der Waals surface area (Å²) in [6.45, 7) is 4.54. The summed E-state index contributed by atoms with van der Waals surface area (Å²) in [6, 6.07) is 5.95. The average molecular weight is 209 g/mol. The Labute approximate surface area is 89.1 Å². The highest BCUT2D eigenvalue weighted by Crippen LogP contribution is 2.18. The van der Waals surface area contributed by atoms with E-state index in [9.17, 15) is 4.79 Å². The molecule has 0 radical (unpaired) electrons. The lowest BCUT2D eigenvalue weighted by Crippen LogP contribution is -2.23. The molecular weight excluding hydrogens is 194 g/mol. The van der Waals surface area contributed by atoms with Gasteiger partial charge >= 0.3 is 0 Å². The van der Waals surface area contributed by atoms with Crippen molar-refractivity contribution in [2.45, 2.75) is 18.7 Å². The predicted molar refractivity (Wildman–Crippen MR) is 61.0 cm³/mol. The van der Waals surface area contributed by atoms with Gasteiger partial charge in [-0.05, 0) is 37.8 Å². The lowest BCUT2D eigenvalue weighted by Gasteiger charge is -2.07. The number of thioether (sulfide) groups is 1. The summed E-state index contributed by atoms with van der Waals surface area (Å²) in [5.41, 5.74) is 1.80. The highest BCUT2D eigenvalue weighted by molar-refractivity contribution is 7.98. The minimum absolute atomic E-state index is 0.0147. The number of carbonyl (C=O) groups excluding carboxylic acids is 1. The van der Waals surface area contributed by atoms with Crippen LogP contribution >= 0.6 is 11.8 Å². The summed E-state index contributed by atoms with van der Waals surface area (Å²) in [4.78, 5) is 12.7. The van der Waals surface area contributed by atoms with E-state index in [0.717, 1.165) is 16.0 Å². The predicted octanol–water partition coefficient (Wildman–Crippen LogP) is 2.47. The maximum absolute atomic E-state index is 11.6. The van der Waals surface area contributed by atoms with Crippen LogP contribution in [0.25, 0.3) is 0 Å². The Morgan fingerprint density at radius 2 is 2.21 bits per heavy atom. The molecule has 0 aliphatic carbocycles. The highest BCUT2D eigenvalue weighted by atomic mass is 32.2. The standard InChI is InChI=1S/C11H15NOS/c1-4-12-11(13)10-7-9(14-3)6-5-8(10)2/h5-7H,4H2,1-3H3,(H,12,13). The van der Waals surface area contributed by atoms with Gasteiger partial charge in [-0.2, -0.15) is 0 Å². The van der Waals surface area contributed by atoms with Crippen LogP contribution in [0.2, 0.25) is 0 Å². The van der Waals surface area contributed by atoms with E-state index < -0.39 is 0 Å². The SMILES string of the molecule is CCNC(=O)c1cc(SC)ccc1C. The molecule has 0 bridgehead atoms. The number of nitrogens with one attached hydrogen (secondary N) is 1. The van der Waals surface area contributed by atoms with E-state index in [-0.39, 0.29) is 5.91 Å². The topological polar surface area (TPSA) is 29.1 Å². The fraction of sp³-hybridized carbons (Fsp3) is 0.364. The second kappa shape index (κ2) is 5.05. The van der Waals surface area contributed by atoms with Gasteiger partial charge in [0, 0.05) is 17.0 Å². The summed E-state index contributed by atoms with van der Waals surface area (Å²) < 4.78 is 0. The number of hydrogen-bond acceptors (Lipinski definition) is 2. The Bertz CT molecular complexity index is 336. The summed E-state index contributed by atoms with van der Waals surface area (Å²) in [5.74, 6) is 0.0147. The maximum Gasteiger partial charge on any atom is 0.251 e. The van der Waals surface area contributed by atoms with Gasteiger partial charge in [-0.3, -0.25) is 4.79 Å². The summed E-state index contributed by atoms with van der Waals surface area (Å²) in [7, 11) is 0. The van der Waals surface area contributed by atoms with E-state index in [1.165, 1.54) is 0 Å². The summed E-state index contributed by atoms with van der Waals surface area (Å²) >= 11 is 1.65. The van der Waals surface area contributed by atoms with Gasteiger partial charge in [-0.15, -0.1) is 11.8 Å². The van der Waals surface area contributed by atoms with Crippen molar-refractivity contribution in [1.29, 1.82) is 0 Å². The Balaban J connectivity index is 2.99. The van der Waals surface area contributed by atoms with Crippen molar-refractivity contribution in [1.82, 2.24) is 5.32 Å². The average Bonchev–Trinajstić information content (AvgIpc) is 2.19. The van der Waals surface area contributed by atoms with Gasteiger partial charge in [0.25, 0.3) is 5.91 Å². The largest absolute Gasteiger partial charge is 0.352 e. The van der Waals surface area contributed by atoms with Gasteiger partial charge in [0.05, 0.1) is 0 Å². The molecule has 2 nitrogen and oxygen atoms in total. The molecule has 76 valence electrons. The van der Waals surface area contributed by atoms with Crippen LogP contribution in [0.3, 0.4) is 0 Å². The molecule has 3 heteroatoms. The second-order valence-corrected chi connectivity index (χ2v) is 3.92. The van der Waals surface area contributed by atoms with Crippen molar-refractivity contribution in [3.05, 3.63) is 29.3 Å². The Hall–Kier alpha value is -0.960. The van der Waals surface area contributed by atoms with Crippen molar-refractivity contribution in [3.8, 4) is 0 Å². The Kier molecular flexibility index (Phi) is 4.01. The van der Waals surface area contributed by atoms with E-state index in [0.29, 0.717) is 6.54 Å². The van der Waals surface area contributed by atoms with Crippen LogP contribution in [0, 0.1) is 6.92 Å². The molecule has 0 aliphatic heterocycles. The fourth-order valence-corrected chi connectivity index (χ4v) is 1.67. The van der Waals surface area contributed by atoms with Crippen LogP contribution in [0.4, 0.5) is 0 Å². The van der Waals surface area contributed by atoms with E-state index in [1.807, 2.05) is 38.3 Å². The Morgan fingerprint density at radius 1 is 1.50 bits per heavy atom. The molecule has 1 amide bonds. The third kappa shape index (κ3) is 2.51. The van der Waals surface area contributed by atoms with Crippen molar-refractivity contribution < 1.29 is 4.79 Å². The quantitative estimate of drug-likeness (QED) is 0.775. The minimum Gasteiger partial charge on any atom is -0.352 e. The zero-order valence-corrected chi connectivity index (χ0v) is 9.57. The molecule has 0 atom stereocenters. The third-order valence-corrected chi connectivity index (χ3v) is 2.75. The van der Waals surface area contributed by atoms with Gasteiger partial charge in [-0.25, -0.2) is 0 Å². The molecule has 0 aliphatic rings. The molecule has 0 saturated heterocycles. The van der Waals surface area contributed by atoms with E-state index in [1.54, 1.807) is 11.8 Å². The zero-order valence-electron chi connectivity index (χ0n) is 8.76. The van der Waals surface area contributed by atoms with Crippen LogP contribution in [-0.4, -0.2) is 18.7 Å². The number of rotatable bonds is 3. The van der Waals surface area contributed by atoms with Gasteiger partial charge in [0.1, 0.15) is 0 Å².